The van der Waals surface area contributed by atoms with Gasteiger partial charge in [0.05, 0.1) is 29.3 Å². The molecule has 0 radical (unpaired) electrons. The average molecular weight is 441 g/mol. The fourth-order valence-corrected chi connectivity index (χ4v) is 3.49. The number of hydrogen-bond donors (Lipinski definition) is 4. The summed E-state index contributed by atoms with van der Waals surface area (Å²) < 4.78 is 13.8. The number of aromatic amines is 1. The number of fused-ring (bicyclic) bond motifs is 1. The summed E-state index contributed by atoms with van der Waals surface area (Å²) in [5.74, 6) is -0.782. The van der Waals surface area contributed by atoms with Gasteiger partial charge < -0.3 is 30.5 Å². The number of nitrogens with one attached hydrogen (secondary N) is 3. The highest BCUT2D eigenvalue weighted by molar-refractivity contribution is 6.06. The number of aromatic nitrogens is 3. The van der Waals surface area contributed by atoms with Crippen molar-refractivity contribution in [3.63, 3.8) is 0 Å². The van der Waals surface area contributed by atoms with Gasteiger partial charge in [0.15, 0.2) is 0 Å². The third-order valence-electron chi connectivity index (χ3n) is 5.16. The van der Waals surface area contributed by atoms with E-state index in [0.717, 1.165) is 0 Å². The van der Waals surface area contributed by atoms with Gasteiger partial charge in [0.25, 0.3) is 11.5 Å². The van der Waals surface area contributed by atoms with Crippen molar-refractivity contribution < 1.29 is 19.1 Å². The molecule has 0 atom stereocenters. The third-order valence-corrected chi connectivity index (χ3v) is 5.16. The fraction of sp³-hybridized carbons (Fsp3) is 0.250. The number of H-pyrrole nitrogens is 1. The molecule has 4 N–H and O–H groups in total. The summed E-state index contributed by atoms with van der Waals surface area (Å²) in [7, 11) is 1.60. The standard InChI is InChI=1S/C20H20FN7O4/c1-22-15-8-12(21)6-11-7-14(18(30)26-16(11)15)17(29)25-13-9-23-19(24-10-13)27-2-4-28(5-3-27)20(31)32/h6-10,22H,2-5H2,1H3,(H,25,29)(H,26,30)(H,31,32). The predicted molar refractivity (Wildman–Crippen MR) is 116 cm³/mol. The van der Waals surface area contributed by atoms with Crippen molar-refractivity contribution in [3.8, 4) is 0 Å². The summed E-state index contributed by atoms with van der Waals surface area (Å²) in [5.41, 5.74) is 0.270. The second kappa shape index (κ2) is 8.49. The lowest BCUT2D eigenvalue weighted by atomic mass is 10.1. The first-order chi connectivity index (χ1) is 15.4. The van der Waals surface area contributed by atoms with Gasteiger partial charge in [0.2, 0.25) is 5.95 Å². The van der Waals surface area contributed by atoms with Crippen LogP contribution in [0.3, 0.4) is 0 Å². The Balaban J connectivity index is 1.49. The third kappa shape index (κ3) is 4.15. The number of nitrogens with zero attached hydrogens (tertiary/aromatic N) is 4. The van der Waals surface area contributed by atoms with Gasteiger partial charge in [-0.25, -0.2) is 19.2 Å². The van der Waals surface area contributed by atoms with Gasteiger partial charge in [-0.05, 0) is 18.2 Å². The van der Waals surface area contributed by atoms with Gasteiger partial charge in [-0.15, -0.1) is 0 Å². The summed E-state index contributed by atoms with van der Waals surface area (Å²) in [6.07, 6.45) is 1.84. The van der Waals surface area contributed by atoms with Crippen LogP contribution in [0.2, 0.25) is 0 Å². The van der Waals surface area contributed by atoms with Crippen molar-refractivity contribution >= 4 is 40.2 Å². The second-order valence-electron chi connectivity index (χ2n) is 7.16. The number of benzene rings is 1. The Morgan fingerprint density at radius 2 is 1.81 bits per heavy atom. The van der Waals surface area contributed by atoms with Gasteiger partial charge in [-0.3, -0.25) is 9.59 Å². The first-order valence-electron chi connectivity index (χ1n) is 9.76. The minimum absolute atomic E-state index is 0.181. The lowest BCUT2D eigenvalue weighted by Gasteiger charge is -2.32. The topological polar surface area (TPSA) is 144 Å². The van der Waals surface area contributed by atoms with Crippen molar-refractivity contribution in [3.05, 3.63) is 52.3 Å². The summed E-state index contributed by atoms with van der Waals surface area (Å²) in [6.45, 7) is 1.60. The Bertz CT molecular complexity index is 1240. The Morgan fingerprint density at radius 3 is 2.44 bits per heavy atom. The Morgan fingerprint density at radius 1 is 1.12 bits per heavy atom. The van der Waals surface area contributed by atoms with Gasteiger partial charge in [-0.1, -0.05) is 0 Å². The average Bonchev–Trinajstić information content (AvgIpc) is 2.79. The lowest BCUT2D eigenvalue weighted by Crippen LogP contribution is -2.48. The van der Waals surface area contributed by atoms with E-state index in [9.17, 15) is 18.8 Å². The molecule has 1 saturated heterocycles. The number of carbonyl (C=O) groups excluding carboxylic acids is 1. The molecule has 0 spiro atoms. The molecule has 3 heterocycles. The molecule has 4 rings (SSSR count). The van der Waals surface area contributed by atoms with E-state index in [1.54, 1.807) is 7.05 Å². The van der Waals surface area contributed by atoms with Crippen molar-refractivity contribution in [2.24, 2.45) is 0 Å². The Hall–Kier alpha value is -4.22. The molecule has 1 fully saturated rings. The van der Waals surface area contributed by atoms with Crippen molar-refractivity contribution in [1.82, 2.24) is 19.9 Å². The van der Waals surface area contributed by atoms with Crippen LogP contribution in [-0.4, -0.2) is 70.2 Å². The molecule has 0 bridgehead atoms. The first-order valence-corrected chi connectivity index (χ1v) is 9.76. The van der Waals surface area contributed by atoms with E-state index < -0.39 is 23.4 Å². The molecule has 3 aromatic rings. The molecule has 166 valence electrons. The van der Waals surface area contributed by atoms with Crippen LogP contribution < -0.4 is 21.1 Å². The smallest absolute Gasteiger partial charge is 0.407 e. The van der Waals surface area contributed by atoms with E-state index in [0.29, 0.717) is 48.7 Å². The predicted octanol–water partition coefficient (Wildman–Crippen LogP) is 1.55. The molecule has 32 heavy (non-hydrogen) atoms. The largest absolute Gasteiger partial charge is 0.465 e. The summed E-state index contributed by atoms with van der Waals surface area (Å²) in [6, 6.07) is 3.80. The number of halogens is 1. The number of carboxylic acid groups (broad SMARTS) is 1. The summed E-state index contributed by atoms with van der Waals surface area (Å²) in [5, 5.41) is 14.7. The van der Waals surface area contributed by atoms with Gasteiger partial charge >= 0.3 is 6.09 Å². The SMILES string of the molecule is CNc1cc(F)cc2cc(C(=O)Nc3cnc(N4CCN(C(=O)O)CC4)nc3)c(=O)[nH]c12. The number of anilines is 3. The molecule has 11 nitrogen and oxygen atoms in total. The number of hydrogen-bond acceptors (Lipinski definition) is 7. The highest BCUT2D eigenvalue weighted by atomic mass is 19.1. The van der Waals surface area contributed by atoms with Gasteiger partial charge in [0, 0.05) is 38.6 Å². The number of pyridine rings is 1. The monoisotopic (exact) mass is 441 g/mol. The fourth-order valence-electron chi connectivity index (χ4n) is 3.49. The molecular formula is C20H20FN7O4. The highest BCUT2D eigenvalue weighted by Crippen LogP contribution is 2.22. The van der Waals surface area contributed by atoms with E-state index in [2.05, 4.69) is 25.6 Å². The van der Waals surface area contributed by atoms with Crippen LogP contribution in [0, 0.1) is 5.82 Å². The van der Waals surface area contributed by atoms with Gasteiger partial charge in [-0.2, -0.15) is 0 Å². The molecule has 12 heteroatoms. The lowest BCUT2D eigenvalue weighted by molar-refractivity contribution is 0.102. The van der Waals surface area contributed by atoms with Crippen LogP contribution in [0.4, 0.5) is 26.5 Å². The second-order valence-corrected chi connectivity index (χ2v) is 7.16. The van der Waals surface area contributed by atoms with Crippen LogP contribution in [0.15, 0.2) is 35.4 Å². The Kier molecular flexibility index (Phi) is 5.58. The molecule has 2 aromatic heterocycles. The minimum atomic E-state index is -0.961. The molecule has 0 unspecified atom stereocenters. The molecular weight excluding hydrogens is 421 g/mol. The Labute approximate surface area is 180 Å². The molecule has 2 amide bonds. The van der Waals surface area contributed by atoms with E-state index in [-0.39, 0.29) is 11.3 Å². The van der Waals surface area contributed by atoms with Crippen molar-refractivity contribution in [1.29, 1.82) is 0 Å². The molecule has 0 saturated carbocycles. The zero-order chi connectivity index (χ0) is 22.8. The van der Waals surface area contributed by atoms with Crippen LogP contribution in [0.25, 0.3) is 10.9 Å². The molecule has 1 aromatic carbocycles. The molecule has 1 aliphatic rings. The first kappa shape index (κ1) is 21.0. The van der Waals surface area contributed by atoms with E-state index in [1.807, 2.05) is 4.90 Å². The summed E-state index contributed by atoms with van der Waals surface area (Å²) in [4.78, 5) is 50.3. The maximum absolute atomic E-state index is 13.8. The number of rotatable bonds is 4. The minimum Gasteiger partial charge on any atom is -0.465 e. The van der Waals surface area contributed by atoms with E-state index in [4.69, 9.17) is 5.11 Å². The van der Waals surface area contributed by atoms with Crippen LogP contribution in [0.5, 0.6) is 0 Å². The van der Waals surface area contributed by atoms with Gasteiger partial charge in [0.1, 0.15) is 11.4 Å². The van der Waals surface area contributed by atoms with Crippen LogP contribution in [-0.2, 0) is 0 Å². The van der Waals surface area contributed by atoms with Crippen molar-refractivity contribution in [2.75, 3.05) is 48.8 Å². The maximum atomic E-state index is 13.8. The number of amides is 2. The quantitative estimate of drug-likeness (QED) is 0.478. The zero-order valence-electron chi connectivity index (χ0n) is 17.1. The van der Waals surface area contributed by atoms with Crippen molar-refractivity contribution in [2.45, 2.75) is 0 Å². The summed E-state index contributed by atoms with van der Waals surface area (Å²) >= 11 is 0. The van der Waals surface area contributed by atoms with Crippen LogP contribution in [0.1, 0.15) is 10.4 Å². The van der Waals surface area contributed by atoms with Crippen LogP contribution >= 0.6 is 0 Å². The maximum Gasteiger partial charge on any atom is 0.407 e. The highest BCUT2D eigenvalue weighted by Gasteiger charge is 2.22. The van der Waals surface area contributed by atoms with E-state index >= 15 is 0 Å². The normalized spacial score (nSPS) is 13.8. The molecule has 0 aliphatic carbocycles. The molecule has 1 aliphatic heterocycles. The zero-order valence-corrected chi connectivity index (χ0v) is 17.1. The number of carbonyl (C=O) groups is 2. The number of piperazine rings is 1. The van der Waals surface area contributed by atoms with E-state index in [1.165, 1.54) is 35.5 Å².